The molecule has 0 saturated heterocycles. The third-order valence-electron chi connectivity index (χ3n) is 0.787. The maximum absolute atomic E-state index is 10.6. The van der Waals surface area contributed by atoms with Crippen LogP contribution in [0.3, 0.4) is 0 Å². The van der Waals surface area contributed by atoms with Gasteiger partial charge in [-0.05, 0) is 13.8 Å². The van der Waals surface area contributed by atoms with E-state index in [9.17, 15) is 13.2 Å². The molecule has 0 aromatic carbocycles. The summed E-state index contributed by atoms with van der Waals surface area (Å²) in [5.74, 6) is -1.26. The van der Waals surface area contributed by atoms with Crippen LogP contribution in [-0.2, 0) is 23.6 Å². The van der Waals surface area contributed by atoms with E-state index in [1.807, 2.05) is 0 Å². The van der Waals surface area contributed by atoms with Crippen molar-refractivity contribution in [3.63, 3.8) is 0 Å². The number of rotatable bonds is 4. The zero-order valence-corrected chi connectivity index (χ0v) is 7.50. The average molecular weight is 222 g/mol. The van der Waals surface area contributed by atoms with Gasteiger partial charge in [-0.25, -0.2) is 8.98 Å². The van der Waals surface area contributed by atoms with Gasteiger partial charge in [0.1, 0.15) is 6.10 Å². The molecular weight excluding hydrogens is 211 g/mol. The Balaban J connectivity index is 0. The van der Waals surface area contributed by atoms with Gasteiger partial charge in [-0.3, -0.25) is 0 Å². The first-order chi connectivity index (χ1) is 5.39. The Bertz CT molecular complexity index is 246. The quantitative estimate of drug-likeness (QED) is 0.585. The first-order valence-electron chi connectivity index (χ1n) is 3.19. The Morgan fingerprint density at radius 3 is 2.31 bits per heavy atom. The van der Waals surface area contributed by atoms with Gasteiger partial charge in [0.25, 0.3) is 0 Å². The first-order valence-corrected chi connectivity index (χ1v) is 4.53. The molecular formula is C5H11NaO6S. The van der Waals surface area contributed by atoms with Gasteiger partial charge in [0.2, 0.25) is 0 Å². The predicted molar refractivity (Wildman–Crippen MR) is 45.5 cm³/mol. The second-order valence-electron chi connectivity index (χ2n) is 1.89. The molecule has 0 radical (unpaired) electrons. The molecule has 0 bridgehead atoms. The summed E-state index contributed by atoms with van der Waals surface area (Å²) in [6.07, 6.45) is -1.49. The van der Waals surface area contributed by atoms with Gasteiger partial charge in [0, 0.05) is 0 Å². The zero-order valence-electron chi connectivity index (χ0n) is 6.68. The fourth-order valence-corrected chi connectivity index (χ4v) is 1.02. The summed E-state index contributed by atoms with van der Waals surface area (Å²) in [6.45, 7) is 2.38. The van der Waals surface area contributed by atoms with Gasteiger partial charge in [-0.2, -0.15) is 8.42 Å². The molecule has 8 heteroatoms. The van der Waals surface area contributed by atoms with Crippen molar-refractivity contribution in [2.45, 2.75) is 20.0 Å². The third-order valence-corrected chi connectivity index (χ3v) is 1.68. The van der Waals surface area contributed by atoms with E-state index < -0.39 is 22.5 Å². The summed E-state index contributed by atoms with van der Waals surface area (Å²) in [5, 5.41) is 8.56. The standard InChI is InChI=1S/C5H10O6S.Na.H/c1-3-10-12(8,9)11-5(7)4(2)6;;/h4,6H,3H2,1-2H3;;. The van der Waals surface area contributed by atoms with Crippen LogP contribution in [0.1, 0.15) is 13.8 Å². The number of hydrogen-bond acceptors (Lipinski definition) is 6. The zero-order chi connectivity index (χ0) is 9.78. The molecule has 0 spiro atoms. The summed E-state index contributed by atoms with van der Waals surface area (Å²) < 4.78 is 29.0. The van der Waals surface area contributed by atoms with Gasteiger partial charge in [-0.1, -0.05) is 0 Å². The van der Waals surface area contributed by atoms with Crippen LogP contribution in [0.5, 0.6) is 0 Å². The summed E-state index contributed by atoms with van der Waals surface area (Å²) in [4.78, 5) is 10.5. The van der Waals surface area contributed by atoms with Crippen molar-refractivity contribution in [3.8, 4) is 0 Å². The van der Waals surface area contributed by atoms with Crippen LogP contribution >= 0.6 is 0 Å². The second-order valence-corrected chi connectivity index (χ2v) is 3.11. The molecule has 0 saturated carbocycles. The number of hydrogen-bond donors (Lipinski definition) is 1. The summed E-state index contributed by atoms with van der Waals surface area (Å²) >= 11 is 0. The Morgan fingerprint density at radius 1 is 1.54 bits per heavy atom. The summed E-state index contributed by atoms with van der Waals surface area (Å²) in [6, 6.07) is 0. The minimum atomic E-state index is -4.29. The molecule has 0 amide bonds. The van der Waals surface area contributed by atoms with Crippen molar-refractivity contribution in [1.82, 2.24) is 0 Å². The average Bonchev–Trinajstić information content (AvgIpc) is 1.85. The Kier molecular flexibility index (Phi) is 8.19. The molecule has 0 aromatic heterocycles. The number of aliphatic hydroxyl groups excluding tert-OH is 1. The van der Waals surface area contributed by atoms with E-state index in [-0.39, 0.29) is 36.2 Å². The fourth-order valence-electron chi connectivity index (χ4n) is 0.339. The topological polar surface area (TPSA) is 89.9 Å². The van der Waals surface area contributed by atoms with E-state index in [2.05, 4.69) is 8.37 Å². The van der Waals surface area contributed by atoms with Crippen LogP contribution in [0.25, 0.3) is 0 Å². The molecule has 0 aliphatic carbocycles. The van der Waals surface area contributed by atoms with Gasteiger partial charge in [0.15, 0.2) is 0 Å². The molecule has 74 valence electrons. The minimum absolute atomic E-state index is 0. The molecule has 1 unspecified atom stereocenters. The Hall–Kier alpha value is 0.340. The molecule has 1 N–H and O–H groups in total. The van der Waals surface area contributed by atoms with Crippen LogP contribution in [0.15, 0.2) is 0 Å². The molecule has 0 aliphatic heterocycles. The van der Waals surface area contributed by atoms with E-state index in [1.54, 1.807) is 0 Å². The van der Waals surface area contributed by atoms with Crippen molar-refractivity contribution >= 4 is 45.9 Å². The van der Waals surface area contributed by atoms with Crippen LogP contribution in [-0.4, -0.2) is 61.8 Å². The van der Waals surface area contributed by atoms with Crippen molar-refractivity contribution in [2.75, 3.05) is 6.61 Å². The SMILES string of the molecule is CCOS(=O)(=O)OC(=O)C(C)O.[NaH]. The van der Waals surface area contributed by atoms with Crippen LogP contribution < -0.4 is 0 Å². The van der Waals surface area contributed by atoms with E-state index in [1.165, 1.54) is 6.92 Å². The summed E-state index contributed by atoms with van der Waals surface area (Å²) in [7, 11) is -4.29. The van der Waals surface area contributed by atoms with E-state index >= 15 is 0 Å². The molecule has 0 rings (SSSR count). The molecule has 13 heavy (non-hydrogen) atoms. The predicted octanol–water partition coefficient (Wildman–Crippen LogP) is -1.46. The van der Waals surface area contributed by atoms with E-state index in [4.69, 9.17) is 5.11 Å². The summed E-state index contributed by atoms with van der Waals surface area (Å²) in [5.41, 5.74) is 0. The number of carbonyl (C=O) groups is 1. The molecule has 0 aromatic rings. The van der Waals surface area contributed by atoms with Crippen LogP contribution in [0, 0.1) is 0 Å². The van der Waals surface area contributed by atoms with Gasteiger partial charge in [-0.15, -0.1) is 0 Å². The first kappa shape index (κ1) is 15.8. The monoisotopic (exact) mass is 222 g/mol. The fraction of sp³-hybridized carbons (Fsp3) is 0.800. The Morgan fingerprint density at radius 2 is 2.00 bits per heavy atom. The van der Waals surface area contributed by atoms with E-state index in [0.29, 0.717) is 0 Å². The van der Waals surface area contributed by atoms with Gasteiger partial charge < -0.3 is 9.29 Å². The van der Waals surface area contributed by atoms with Crippen LogP contribution in [0.2, 0.25) is 0 Å². The molecule has 1 atom stereocenters. The van der Waals surface area contributed by atoms with Crippen molar-refractivity contribution < 1.29 is 26.7 Å². The van der Waals surface area contributed by atoms with Crippen molar-refractivity contribution in [1.29, 1.82) is 0 Å². The molecule has 0 aliphatic rings. The maximum atomic E-state index is 10.6. The van der Waals surface area contributed by atoms with Gasteiger partial charge in [0.05, 0.1) is 6.61 Å². The van der Waals surface area contributed by atoms with Crippen molar-refractivity contribution in [2.24, 2.45) is 0 Å². The number of carbonyl (C=O) groups excluding carboxylic acids is 1. The van der Waals surface area contributed by atoms with Gasteiger partial charge >= 0.3 is 45.9 Å². The van der Waals surface area contributed by atoms with E-state index in [0.717, 1.165) is 6.92 Å². The molecule has 0 heterocycles. The van der Waals surface area contributed by atoms with Crippen LogP contribution in [0.4, 0.5) is 0 Å². The molecule has 6 nitrogen and oxygen atoms in total. The normalized spacial score (nSPS) is 12.8. The Labute approximate surface area is 98.8 Å². The van der Waals surface area contributed by atoms with Crippen molar-refractivity contribution in [3.05, 3.63) is 0 Å². The molecule has 0 fully saturated rings. The number of aliphatic hydroxyl groups is 1. The third kappa shape index (κ3) is 7.41. The second kappa shape index (κ2) is 6.74.